The molecule has 1 N–H and O–H groups in total. The topological polar surface area (TPSA) is 71.3 Å². The highest BCUT2D eigenvalue weighted by Crippen LogP contribution is 2.30. The lowest BCUT2D eigenvalue weighted by atomic mass is 10.0. The molecule has 134 valence electrons. The Labute approximate surface area is 153 Å². The smallest absolute Gasteiger partial charge is 0.266 e. The second-order valence-electron chi connectivity index (χ2n) is 6.02. The van der Waals surface area contributed by atoms with Gasteiger partial charge in [0.1, 0.15) is 11.6 Å². The number of methoxy groups -OCH3 is 2. The van der Waals surface area contributed by atoms with E-state index in [-0.39, 0.29) is 5.57 Å². The highest BCUT2D eigenvalue weighted by atomic mass is 16.5. The van der Waals surface area contributed by atoms with E-state index in [4.69, 9.17) is 9.47 Å². The third kappa shape index (κ3) is 4.64. The summed E-state index contributed by atoms with van der Waals surface area (Å²) in [7, 11) is 3.06. The van der Waals surface area contributed by atoms with E-state index in [2.05, 4.69) is 19.2 Å². The zero-order chi connectivity index (χ0) is 19.1. The van der Waals surface area contributed by atoms with E-state index in [1.165, 1.54) is 19.8 Å². The average molecular weight is 350 g/mol. The van der Waals surface area contributed by atoms with Crippen molar-refractivity contribution in [1.29, 1.82) is 5.26 Å². The number of nitrogens with zero attached hydrogens (tertiary/aromatic N) is 1. The molecule has 0 saturated heterocycles. The number of nitriles is 1. The summed E-state index contributed by atoms with van der Waals surface area (Å²) in [6.45, 7) is 4.23. The molecular weight excluding hydrogens is 328 g/mol. The van der Waals surface area contributed by atoms with Gasteiger partial charge < -0.3 is 14.8 Å². The van der Waals surface area contributed by atoms with Crippen LogP contribution in [0.3, 0.4) is 0 Å². The lowest BCUT2D eigenvalue weighted by molar-refractivity contribution is -0.112. The zero-order valence-electron chi connectivity index (χ0n) is 15.4. The number of carbonyl (C=O) groups excluding carboxylic acids is 1. The maximum Gasteiger partial charge on any atom is 0.266 e. The van der Waals surface area contributed by atoms with Gasteiger partial charge in [-0.3, -0.25) is 4.79 Å². The molecule has 0 aliphatic rings. The monoisotopic (exact) mass is 350 g/mol. The second-order valence-corrected chi connectivity index (χ2v) is 6.02. The molecule has 5 nitrogen and oxygen atoms in total. The first-order valence-corrected chi connectivity index (χ1v) is 8.23. The van der Waals surface area contributed by atoms with Crippen molar-refractivity contribution in [3.8, 4) is 17.6 Å². The molecule has 0 heterocycles. The fourth-order valence-electron chi connectivity index (χ4n) is 2.40. The van der Waals surface area contributed by atoms with E-state index in [0.29, 0.717) is 23.1 Å². The molecule has 0 unspecified atom stereocenters. The molecule has 0 fully saturated rings. The third-order valence-electron chi connectivity index (χ3n) is 3.92. The van der Waals surface area contributed by atoms with E-state index in [1.807, 2.05) is 30.3 Å². The molecule has 2 aromatic carbocycles. The van der Waals surface area contributed by atoms with Crippen molar-refractivity contribution >= 4 is 17.7 Å². The van der Waals surface area contributed by atoms with Gasteiger partial charge in [0.25, 0.3) is 5.91 Å². The Kier molecular flexibility index (Phi) is 6.40. The van der Waals surface area contributed by atoms with Crippen LogP contribution in [-0.2, 0) is 4.79 Å². The number of nitrogens with one attached hydrogen (secondary N) is 1. The fraction of sp³-hybridized carbons (Fsp3) is 0.238. The number of carbonyl (C=O) groups is 1. The van der Waals surface area contributed by atoms with Crippen LogP contribution < -0.4 is 14.8 Å². The van der Waals surface area contributed by atoms with Crippen molar-refractivity contribution < 1.29 is 14.3 Å². The van der Waals surface area contributed by atoms with Gasteiger partial charge in [-0.05, 0) is 35.3 Å². The van der Waals surface area contributed by atoms with Crippen LogP contribution in [0.2, 0.25) is 0 Å². The van der Waals surface area contributed by atoms with Gasteiger partial charge in [-0.15, -0.1) is 0 Å². The van der Waals surface area contributed by atoms with Crippen molar-refractivity contribution in [1.82, 2.24) is 0 Å². The standard InChI is InChI=1S/C21H22N2O3/c1-14(2)16-7-5-15(6-8-16)11-17(13-22)21(24)23-18-9-10-19(25-3)20(12-18)26-4/h5-12,14H,1-4H3,(H,23,24)/b17-11-. The third-order valence-corrected chi connectivity index (χ3v) is 3.92. The Hall–Kier alpha value is -3.26. The predicted octanol–water partition coefficient (Wildman–Crippen LogP) is 4.37. The van der Waals surface area contributed by atoms with Gasteiger partial charge in [0.2, 0.25) is 0 Å². The van der Waals surface area contributed by atoms with Crippen LogP contribution in [0.5, 0.6) is 11.5 Å². The minimum absolute atomic E-state index is 0.0251. The zero-order valence-corrected chi connectivity index (χ0v) is 15.4. The van der Waals surface area contributed by atoms with Gasteiger partial charge in [-0.1, -0.05) is 38.1 Å². The molecule has 0 spiro atoms. The first-order chi connectivity index (χ1) is 12.5. The first-order valence-electron chi connectivity index (χ1n) is 8.23. The van der Waals surface area contributed by atoms with Gasteiger partial charge in [0.15, 0.2) is 11.5 Å². The van der Waals surface area contributed by atoms with E-state index in [1.54, 1.807) is 24.3 Å². The molecule has 5 heteroatoms. The van der Waals surface area contributed by atoms with E-state index < -0.39 is 5.91 Å². The summed E-state index contributed by atoms with van der Waals surface area (Å²) in [4.78, 5) is 12.4. The Morgan fingerprint density at radius 3 is 2.27 bits per heavy atom. The maximum atomic E-state index is 12.4. The Bertz CT molecular complexity index is 847. The number of ether oxygens (including phenoxy) is 2. The second kappa shape index (κ2) is 8.72. The summed E-state index contributed by atoms with van der Waals surface area (Å²) >= 11 is 0. The van der Waals surface area contributed by atoms with Crippen LogP contribution in [0.1, 0.15) is 30.9 Å². The largest absolute Gasteiger partial charge is 0.493 e. The SMILES string of the molecule is COc1ccc(NC(=O)/C(C#N)=C\c2ccc(C(C)C)cc2)cc1OC. The van der Waals surface area contributed by atoms with Gasteiger partial charge in [-0.25, -0.2) is 0 Å². The minimum Gasteiger partial charge on any atom is -0.493 e. The molecule has 0 bridgehead atoms. The maximum absolute atomic E-state index is 12.4. The molecule has 0 saturated carbocycles. The Morgan fingerprint density at radius 2 is 1.73 bits per heavy atom. The van der Waals surface area contributed by atoms with Crippen LogP contribution in [0.4, 0.5) is 5.69 Å². The van der Waals surface area contributed by atoms with E-state index in [0.717, 1.165) is 5.56 Å². The van der Waals surface area contributed by atoms with E-state index >= 15 is 0 Å². The summed E-state index contributed by atoms with van der Waals surface area (Å²) < 4.78 is 10.4. The Balaban J connectivity index is 2.19. The number of hydrogen-bond donors (Lipinski definition) is 1. The minimum atomic E-state index is -0.479. The normalized spacial score (nSPS) is 11.0. The molecule has 0 aliphatic carbocycles. The number of amides is 1. The predicted molar refractivity (Wildman–Crippen MR) is 102 cm³/mol. The molecule has 0 aromatic heterocycles. The van der Waals surface area contributed by atoms with Crippen LogP contribution in [0, 0.1) is 11.3 Å². The van der Waals surface area contributed by atoms with Crippen LogP contribution in [0.25, 0.3) is 6.08 Å². The number of anilines is 1. The van der Waals surface area contributed by atoms with E-state index in [9.17, 15) is 10.1 Å². The molecule has 0 atom stereocenters. The lowest BCUT2D eigenvalue weighted by Crippen LogP contribution is -2.13. The number of benzene rings is 2. The summed E-state index contributed by atoms with van der Waals surface area (Å²) in [5.41, 5.74) is 2.55. The summed E-state index contributed by atoms with van der Waals surface area (Å²) in [6, 6.07) is 14.8. The molecule has 26 heavy (non-hydrogen) atoms. The van der Waals surface area contributed by atoms with Crippen molar-refractivity contribution in [3.63, 3.8) is 0 Å². The summed E-state index contributed by atoms with van der Waals surface area (Å²) in [5, 5.41) is 12.0. The Morgan fingerprint density at radius 1 is 1.08 bits per heavy atom. The molecular formula is C21H22N2O3. The highest BCUT2D eigenvalue weighted by Gasteiger charge is 2.12. The molecule has 0 aliphatic heterocycles. The van der Waals surface area contributed by atoms with Gasteiger partial charge in [0, 0.05) is 11.8 Å². The number of rotatable bonds is 6. The first kappa shape index (κ1) is 19.1. The summed E-state index contributed by atoms with van der Waals surface area (Å²) in [6.07, 6.45) is 1.57. The number of hydrogen-bond acceptors (Lipinski definition) is 4. The molecule has 2 aromatic rings. The van der Waals surface area contributed by atoms with Crippen LogP contribution in [-0.4, -0.2) is 20.1 Å². The molecule has 0 radical (unpaired) electrons. The lowest BCUT2D eigenvalue weighted by Gasteiger charge is -2.10. The van der Waals surface area contributed by atoms with Crippen molar-refractivity contribution in [2.24, 2.45) is 0 Å². The average Bonchev–Trinajstić information content (AvgIpc) is 2.66. The van der Waals surface area contributed by atoms with Crippen LogP contribution >= 0.6 is 0 Å². The highest BCUT2D eigenvalue weighted by molar-refractivity contribution is 6.09. The van der Waals surface area contributed by atoms with Crippen molar-refractivity contribution in [2.75, 3.05) is 19.5 Å². The van der Waals surface area contributed by atoms with Crippen molar-refractivity contribution in [2.45, 2.75) is 19.8 Å². The van der Waals surface area contributed by atoms with Gasteiger partial charge in [0.05, 0.1) is 14.2 Å². The van der Waals surface area contributed by atoms with Crippen LogP contribution in [0.15, 0.2) is 48.0 Å². The quantitative estimate of drug-likeness (QED) is 0.620. The molecule has 1 amide bonds. The van der Waals surface area contributed by atoms with Gasteiger partial charge in [-0.2, -0.15) is 5.26 Å². The van der Waals surface area contributed by atoms with Gasteiger partial charge >= 0.3 is 0 Å². The molecule has 2 rings (SSSR count). The van der Waals surface area contributed by atoms with Crippen molar-refractivity contribution in [3.05, 3.63) is 59.2 Å². The summed E-state index contributed by atoms with van der Waals surface area (Å²) in [5.74, 6) is 1.01. The fourth-order valence-corrected chi connectivity index (χ4v) is 2.40.